The molecule has 0 radical (unpaired) electrons. The van der Waals surface area contributed by atoms with E-state index in [9.17, 15) is 28.8 Å². The molecule has 0 aliphatic carbocycles. The van der Waals surface area contributed by atoms with Crippen LogP contribution in [0, 0.1) is 0 Å². The molecule has 1 saturated heterocycles. The van der Waals surface area contributed by atoms with E-state index in [4.69, 9.17) is 9.66 Å². The van der Waals surface area contributed by atoms with Crippen LogP contribution in [0.25, 0.3) is 0 Å². The molecule has 1 heterocycles. The topological polar surface area (TPSA) is 165 Å². The van der Waals surface area contributed by atoms with Crippen LogP contribution in [-0.2, 0) is 14.6 Å². The molecule has 1 rings (SSSR count). The number of hydrogen-bond acceptors (Lipinski definition) is 8. The Kier molecular flexibility index (Phi) is 6.80. The predicted molar refractivity (Wildman–Crippen MR) is 67.7 cm³/mol. The summed E-state index contributed by atoms with van der Waals surface area (Å²) in [5.74, 6) is 0. The minimum atomic E-state index is -4.81. The van der Waals surface area contributed by atoms with E-state index in [1.54, 1.807) is 0 Å². The first-order valence-corrected chi connectivity index (χ1v) is 10.5. The molecule has 0 aromatic heterocycles. The van der Waals surface area contributed by atoms with Crippen LogP contribution >= 0.6 is 0 Å². The van der Waals surface area contributed by atoms with Gasteiger partial charge in [-0.1, -0.05) is 0 Å². The van der Waals surface area contributed by atoms with Crippen LogP contribution in [0.3, 0.4) is 0 Å². The van der Waals surface area contributed by atoms with Gasteiger partial charge in [0.05, 0.1) is 0 Å². The van der Waals surface area contributed by atoms with E-state index in [2.05, 4.69) is 4.18 Å². The summed E-state index contributed by atoms with van der Waals surface area (Å²) in [7, 11) is -4.81. The molecule has 1 aliphatic heterocycles. The second-order valence-corrected chi connectivity index (χ2v) is 10.4. The summed E-state index contributed by atoms with van der Waals surface area (Å²) >= 11 is -1.82. The molecule has 1 aliphatic rings. The van der Waals surface area contributed by atoms with E-state index in [-0.39, 0.29) is 17.2 Å². The Bertz CT molecular complexity index is 402. The molecule has 0 saturated carbocycles. The van der Waals surface area contributed by atoms with Crippen molar-refractivity contribution in [3.05, 3.63) is 0 Å². The van der Waals surface area contributed by atoms with Gasteiger partial charge in [0.2, 0.25) is 0 Å². The van der Waals surface area contributed by atoms with Crippen molar-refractivity contribution in [2.75, 3.05) is 13.2 Å². The van der Waals surface area contributed by atoms with E-state index in [1.165, 1.54) is 0 Å². The molecule has 20 heavy (non-hydrogen) atoms. The first kappa shape index (κ1) is 18.2. The third-order valence-electron chi connectivity index (χ3n) is 3.01. The van der Waals surface area contributed by atoms with Gasteiger partial charge in [-0.05, 0) is 0 Å². The van der Waals surface area contributed by atoms with Gasteiger partial charge in [0.25, 0.3) is 0 Å². The summed E-state index contributed by atoms with van der Waals surface area (Å²) < 4.78 is 33.8. The Balaban J connectivity index is 2.66. The molecule has 9 nitrogen and oxygen atoms in total. The summed E-state index contributed by atoms with van der Waals surface area (Å²) in [5, 5.41) is 47.4. The summed E-state index contributed by atoms with van der Waals surface area (Å²) in [6.45, 7) is -1.17. The van der Waals surface area contributed by atoms with Gasteiger partial charge < -0.3 is 0 Å². The fourth-order valence-electron chi connectivity index (χ4n) is 1.99. The molecule has 6 N–H and O–H groups in total. The molecule has 1 unspecified atom stereocenters. The van der Waals surface area contributed by atoms with Crippen LogP contribution in [0.4, 0.5) is 0 Å². The van der Waals surface area contributed by atoms with E-state index < -0.39 is 60.1 Å². The quantitative estimate of drug-likeness (QED) is 0.200. The van der Waals surface area contributed by atoms with Crippen molar-refractivity contribution in [2.45, 2.75) is 39.9 Å². The molecule has 0 bridgehead atoms. The normalized spacial score (nSPS) is 34.1. The average Bonchev–Trinajstić information content (AvgIpc) is 2.60. The molecular weight excluding hydrogens is 363 g/mol. The second-order valence-electron chi connectivity index (χ2n) is 4.46. The molecular formula is C9H19O9SSe+. The zero-order chi connectivity index (χ0) is 15.5. The summed E-state index contributed by atoms with van der Waals surface area (Å²) in [6, 6.07) is 0. The van der Waals surface area contributed by atoms with Gasteiger partial charge in [0.15, 0.2) is 0 Å². The first-order valence-electron chi connectivity index (χ1n) is 5.77. The summed E-state index contributed by atoms with van der Waals surface area (Å²) in [6.07, 6.45) is -4.98. The van der Waals surface area contributed by atoms with Crippen molar-refractivity contribution >= 4 is 24.3 Å². The van der Waals surface area contributed by atoms with Crippen LogP contribution in [0.15, 0.2) is 0 Å². The second kappa shape index (κ2) is 7.45. The van der Waals surface area contributed by atoms with Crippen LogP contribution in [-0.4, -0.2) is 90.0 Å². The van der Waals surface area contributed by atoms with E-state index in [0.29, 0.717) is 0 Å². The number of rotatable bonds is 7. The Hall–Kier alpha value is 0.189. The van der Waals surface area contributed by atoms with Crippen molar-refractivity contribution in [1.82, 2.24) is 0 Å². The van der Waals surface area contributed by atoms with Crippen LogP contribution in [0.2, 0.25) is 15.5 Å². The van der Waals surface area contributed by atoms with Gasteiger partial charge in [-0.25, -0.2) is 0 Å². The monoisotopic (exact) mass is 383 g/mol. The van der Waals surface area contributed by atoms with Gasteiger partial charge >= 0.3 is 120 Å². The van der Waals surface area contributed by atoms with E-state index >= 15 is 0 Å². The summed E-state index contributed by atoms with van der Waals surface area (Å²) in [5.41, 5.74) is 0. The van der Waals surface area contributed by atoms with Crippen molar-refractivity contribution < 1.29 is 42.7 Å². The molecule has 120 valence electrons. The Morgan fingerprint density at radius 3 is 2.35 bits per heavy atom. The SMILES string of the molecule is O=S(=O)(O)O[C@H](CO)[C@H](O)C[Se+]1C[C@@H](O)[C@H](O)[C@H]1CO. The standard InChI is InChI=1S/C9H18O9SSe/c10-1-7(18-19(15,16)17)5(12)3-20-4-6(13)9(14)8(20)2-11/h5-14H,1-4H2/p+1/t5-,6-,7-,8-,9+,20?/m1/s1. The van der Waals surface area contributed by atoms with Crippen LogP contribution in [0.5, 0.6) is 0 Å². The van der Waals surface area contributed by atoms with E-state index in [1.807, 2.05) is 0 Å². The van der Waals surface area contributed by atoms with Crippen LogP contribution in [0.1, 0.15) is 0 Å². The fraction of sp³-hybridized carbons (Fsp3) is 1.00. The minimum absolute atomic E-state index is 0.0140. The number of hydrogen-bond donors (Lipinski definition) is 6. The third-order valence-corrected chi connectivity index (χ3v) is 9.42. The summed E-state index contributed by atoms with van der Waals surface area (Å²) in [4.78, 5) is -0.537. The van der Waals surface area contributed by atoms with Gasteiger partial charge in [0.1, 0.15) is 0 Å². The zero-order valence-corrected chi connectivity index (χ0v) is 13.0. The zero-order valence-electron chi connectivity index (χ0n) is 10.4. The van der Waals surface area contributed by atoms with E-state index in [0.717, 1.165) is 0 Å². The number of aliphatic hydroxyl groups is 5. The van der Waals surface area contributed by atoms with Gasteiger partial charge in [-0.3, -0.25) is 0 Å². The number of aliphatic hydroxyl groups excluding tert-OH is 5. The molecule has 0 aromatic carbocycles. The molecule has 0 spiro atoms. The van der Waals surface area contributed by atoms with Gasteiger partial charge in [-0.2, -0.15) is 0 Å². The first-order chi connectivity index (χ1) is 9.19. The Morgan fingerprint density at radius 2 is 1.90 bits per heavy atom. The van der Waals surface area contributed by atoms with Crippen molar-refractivity contribution in [3.63, 3.8) is 0 Å². The molecule has 0 aromatic rings. The Morgan fingerprint density at radius 1 is 1.30 bits per heavy atom. The van der Waals surface area contributed by atoms with Crippen LogP contribution < -0.4 is 0 Å². The third kappa shape index (κ3) is 4.88. The molecule has 0 amide bonds. The van der Waals surface area contributed by atoms with Crippen molar-refractivity contribution in [1.29, 1.82) is 0 Å². The molecule has 6 atom stereocenters. The average molecular weight is 382 g/mol. The van der Waals surface area contributed by atoms with Crippen molar-refractivity contribution in [2.24, 2.45) is 0 Å². The maximum absolute atomic E-state index is 10.6. The van der Waals surface area contributed by atoms with Gasteiger partial charge in [0, 0.05) is 0 Å². The predicted octanol–water partition coefficient (Wildman–Crippen LogP) is -2.88. The molecule has 11 heteroatoms. The Labute approximate surface area is 120 Å². The molecule has 1 fully saturated rings. The fourth-order valence-corrected chi connectivity index (χ4v) is 8.17. The van der Waals surface area contributed by atoms with Gasteiger partial charge in [-0.15, -0.1) is 0 Å². The maximum atomic E-state index is 10.6. The van der Waals surface area contributed by atoms with Crippen molar-refractivity contribution in [3.8, 4) is 0 Å².